The Labute approximate surface area is 33.3 Å². The van der Waals surface area contributed by atoms with E-state index in [-0.39, 0.29) is 16.8 Å². The van der Waals surface area contributed by atoms with Gasteiger partial charge in [0, 0.05) is 0 Å². The first-order chi connectivity index (χ1) is 1.41. The van der Waals surface area contributed by atoms with Crippen molar-refractivity contribution in [2.45, 2.75) is 0 Å². The number of hydrogen-bond acceptors (Lipinski definition) is 3. The summed E-state index contributed by atoms with van der Waals surface area (Å²) in [5.41, 5.74) is 0. The Morgan fingerprint density at radius 2 is 1.25 bits per heavy atom. The van der Waals surface area contributed by atoms with Gasteiger partial charge in [0.25, 0.3) is 0 Å². The van der Waals surface area contributed by atoms with Crippen LogP contribution in [0.3, 0.4) is 0 Å². The molecule has 4 heteroatoms. The Bertz CT molecular complexity index is 3.25. The van der Waals surface area contributed by atoms with Crippen molar-refractivity contribution in [1.82, 2.24) is 0 Å². The van der Waals surface area contributed by atoms with E-state index < -0.39 is 0 Å². The van der Waals surface area contributed by atoms with Crippen LogP contribution >= 0.6 is 0 Å². The zero-order chi connectivity index (χ0) is 2.71. The molecule has 0 aliphatic carbocycles. The van der Waals surface area contributed by atoms with E-state index in [0.29, 0.717) is 0 Å². The van der Waals surface area contributed by atoms with Crippen LogP contribution in [-0.4, -0.2) is 0 Å². The van der Waals surface area contributed by atoms with E-state index in [1.807, 2.05) is 0 Å². The smallest absolute Gasteiger partial charge is 0.734 e. The van der Waals surface area contributed by atoms with Gasteiger partial charge in [0.15, 0.2) is 0 Å². The van der Waals surface area contributed by atoms with E-state index >= 15 is 0 Å². The summed E-state index contributed by atoms with van der Waals surface area (Å²) in [6, 6.07) is 0. The average Bonchev–Trinajstić information content (AvgIpc) is 0.918. The van der Waals surface area contributed by atoms with Crippen LogP contribution in [0.25, 0.3) is 0 Å². The van der Waals surface area contributed by atoms with Crippen LogP contribution in [0.2, 0.25) is 0 Å². The molecule has 0 saturated heterocycles. The molecule has 0 rings (SSSR count). The summed E-state index contributed by atoms with van der Waals surface area (Å²) in [6.45, 7) is 0. The molecule has 27 valence electrons. The van der Waals surface area contributed by atoms with Gasteiger partial charge in [0.05, 0.1) is 0 Å². The molecular weight excluding hydrogens is 107 g/mol. The van der Waals surface area contributed by atoms with Gasteiger partial charge in [-0.1, -0.05) is 0 Å². The van der Waals surface area contributed by atoms with Gasteiger partial charge in [-0.2, -0.15) is 0 Å². The van der Waals surface area contributed by atoms with E-state index in [2.05, 4.69) is 0 Å². The Hall–Kier alpha value is 0.386. The van der Waals surface area contributed by atoms with Crippen molar-refractivity contribution in [1.29, 1.82) is 0 Å². The molecule has 0 atom stereocenters. The molecule has 0 aliphatic heterocycles. The van der Waals surface area contributed by atoms with Gasteiger partial charge in [-0.3, -0.25) is 0 Å². The Kier molecular flexibility index (Phi) is 22.2. The van der Waals surface area contributed by atoms with Gasteiger partial charge < -0.3 is 15.6 Å². The van der Waals surface area contributed by atoms with E-state index in [9.17, 15) is 0 Å². The van der Waals surface area contributed by atoms with E-state index in [1.165, 1.54) is 0 Å². The summed E-state index contributed by atoms with van der Waals surface area (Å²) in [5.74, 6) is 0. The maximum Gasteiger partial charge on any atom is 2.00 e. The standard InChI is InChI=1S/Co.H2O3/c;1-3-2/h;1-2H/q+2;/p-2. The quantitative estimate of drug-likeness (QED) is 0.255. The van der Waals surface area contributed by atoms with E-state index in [4.69, 9.17) is 10.5 Å². The van der Waals surface area contributed by atoms with Crippen LogP contribution < -0.4 is 10.5 Å². The van der Waals surface area contributed by atoms with Gasteiger partial charge in [-0.05, 0) is 0 Å². The summed E-state index contributed by atoms with van der Waals surface area (Å²) in [7, 11) is 0. The second-order valence-electron chi connectivity index (χ2n) is 0.0680. The number of hydrogen-bond donors (Lipinski definition) is 0. The first kappa shape index (κ1) is 8.83. The third-order valence-corrected chi connectivity index (χ3v) is 0. The first-order valence-corrected chi connectivity index (χ1v) is 0.333. The fourth-order valence-electron chi connectivity index (χ4n) is 0. The molecule has 0 amide bonds. The molecule has 0 bridgehead atoms. The van der Waals surface area contributed by atoms with Crippen molar-refractivity contribution in [3.05, 3.63) is 0 Å². The molecule has 4 heavy (non-hydrogen) atoms. The molecule has 0 spiro atoms. The second kappa shape index (κ2) is 10.0. The molecule has 0 aromatic rings. The maximum atomic E-state index is 7.88. The minimum absolute atomic E-state index is 0. The summed E-state index contributed by atoms with van der Waals surface area (Å²) in [6.07, 6.45) is 0. The molecule has 0 fully saturated rings. The van der Waals surface area contributed by atoms with E-state index in [0.717, 1.165) is 0 Å². The molecule has 0 aromatic heterocycles. The largest absolute Gasteiger partial charge is 2.00 e. The van der Waals surface area contributed by atoms with Crippen LogP contribution in [0.4, 0.5) is 0 Å². The van der Waals surface area contributed by atoms with Crippen molar-refractivity contribution in [2.24, 2.45) is 0 Å². The third-order valence-electron chi connectivity index (χ3n) is 0. The monoisotopic (exact) mass is 107 g/mol. The van der Waals surface area contributed by atoms with Gasteiger partial charge in [0.2, 0.25) is 0 Å². The molecular formula is CoO3. The summed E-state index contributed by atoms with van der Waals surface area (Å²) in [4.78, 5) is 0. The van der Waals surface area contributed by atoms with Crippen molar-refractivity contribution >= 4 is 0 Å². The average molecular weight is 107 g/mol. The molecule has 0 N–H and O–H groups in total. The van der Waals surface area contributed by atoms with E-state index in [1.54, 1.807) is 5.04 Å². The molecule has 0 aliphatic rings. The zero-order valence-electron chi connectivity index (χ0n) is 1.56. The Balaban J connectivity index is 0. The summed E-state index contributed by atoms with van der Waals surface area (Å²) < 4.78 is 0. The molecule has 0 unspecified atom stereocenters. The van der Waals surface area contributed by atoms with Crippen molar-refractivity contribution < 1.29 is 32.3 Å². The summed E-state index contributed by atoms with van der Waals surface area (Å²) in [5, 5.41) is 17.5. The Morgan fingerprint density at radius 1 is 1.25 bits per heavy atom. The SMILES string of the molecule is [Co+2].[O-]O[O-]. The zero-order valence-corrected chi connectivity index (χ0v) is 2.60. The van der Waals surface area contributed by atoms with Crippen LogP contribution in [0.5, 0.6) is 0 Å². The van der Waals surface area contributed by atoms with Crippen LogP contribution in [0.1, 0.15) is 0 Å². The first-order valence-electron chi connectivity index (χ1n) is 0.333. The normalized spacial score (nSPS) is 4.50. The molecule has 0 aromatic carbocycles. The van der Waals surface area contributed by atoms with Crippen molar-refractivity contribution in [2.75, 3.05) is 0 Å². The topological polar surface area (TPSA) is 55.3 Å². The van der Waals surface area contributed by atoms with Crippen LogP contribution in [0, 0.1) is 0 Å². The fraction of sp³-hybridized carbons (Fsp3) is 0. The predicted molar refractivity (Wildman–Crippen MR) is 1.08 cm³/mol. The van der Waals surface area contributed by atoms with Crippen LogP contribution in [0.15, 0.2) is 0 Å². The van der Waals surface area contributed by atoms with Crippen LogP contribution in [-0.2, 0) is 21.8 Å². The molecule has 0 saturated carbocycles. The minimum atomic E-state index is 0. The predicted octanol–water partition coefficient (Wildman–Crippen LogP) is -2.45. The van der Waals surface area contributed by atoms with Gasteiger partial charge >= 0.3 is 16.8 Å². The summed E-state index contributed by atoms with van der Waals surface area (Å²) >= 11 is 0. The van der Waals surface area contributed by atoms with Gasteiger partial charge in [-0.25, -0.2) is 0 Å². The van der Waals surface area contributed by atoms with Crippen molar-refractivity contribution in [3.63, 3.8) is 0 Å². The van der Waals surface area contributed by atoms with Gasteiger partial charge in [0.1, 0.15) is 0 Å². The third kappa shape index (κ3) is 30.7. The molecule has 3 nitrogen and oxygen atoms in total. The van der Waals surface area contributed by atoms with Gasteiger partial charge in [-0.15, -0.1) is 0 Å². The fourth-order valence-corrected chi connectivity index (χ4v) is 0. The molecule has 1 radical (unpaired) electrons. The minimum Gasteiger partial charge on any atom is -0.734 e. The van der Waals surface area contributed by atoms with Crippen molar-refractivity contribution in [3.8, 4) is 0 Å². The Morgan fingerprint density at radius 3 is 1.25 bits per heavy atom. The number of rotatable bonds is 0. The molecule has 0 heterocycles. The second-order valence-corrected chi connectivity index (χ2v) is 0.0680. The maximum absolute atomic E-state index is 7.88.